The monoisotopic (exact) mass is 322 g/mol. The first kappa shape index (κ1) is 13.9. The smallest absolute Gasteiger partial charge is 0.243 e. The van der Waals surface area contributed by atoms with Crippen LogP contribution in [0.25, 0.3) is 0 Å². The molecule has 8 heteroatoms. The standard InChI is InChI=1S/C9H11BrN2O4S/c1-6(12(13)14)3-4-9(10)8-5-17(15,16)11-7(8)2/h3-4,11H,5H2,1-2H3/b6-3+,9-4+. The molecule has 17 heavy (non-hydrogen) atoms. The van der Waals surface area contributed by atoms with Crippen LogP contribution in [0.1, 0.15) is 13.8 Å². The van der Waals surface area contributed by atoms with Crippen molar-refractivity contribution < 1.29 is 13.3 Å². The summed E-state index contributed by atoms with van der Waals surface area (Å²) in [4.78, 5) is 9.86. The Morgan fingerprint density at radius 1 is 1.53 bits per heavy atom. The van der Waals surface area contributed by atoms with E-state index in [0.29, 0.717) is 15.8 Å². The summed E-state index contributed by atoms with van der Waals surface area (Å²) in [5.74, 6) is -0.124. The number of sulfonamides is 1. The topological polar surface area (TPSA) is 89.3 Å². The van der Waals surface area contributed by atoms with Crippen LogP contribution in [0.5, 0.6) is 0 Å². The van der Waals surface area contributed by atoms with E-state index in [2.05, 4.69) is 20.7 Å². The lowest BCUT2D eigenvalue weighted by atomic mass is 10.2. The zero-order chi connectivity index (χ0) is 13.2. The SMILES string of the molecule is CC1=C(/C(Br)=C\C=C(/C)[N+](=O)[O-])CS(=O)(=O)N1. The average Bonchev–Trinajstić information content (AvgIpc) is 2.48. The van der Waals surface area contributed by atoms with Gasteiger partial charge in [-0.05, 0) is 13.0 Å². The minimum atomic E-state index is -3.29. The van der Waals surface area contributed by atoms with Crippen LogP contribution in [-0.2, 0) is 10.0 Å². The molecule has 1 heterocycles. The highest BCUT2D eigenvalue weighted by Gasteiger charge is 2.25. The molecule has 0 aromatic rings. The van der Waals surface area contributed by atoms with Crippen molar-refractivity contribution in [2.24, 2.45) is 0 Å². The van der Waals surface area contributed by atoms with E-state index in [-0.39, 0.29) is 11.4 Å². The molecule has 0 aromatic carbocycles. The van der Waals surface area contributed by atoms with Crippen molar-refractivity contribution in [3.05, 3.63) is 43.7 Å². The van der Waals surface area contributed by atoms with Gasteiger partial charge < -0.3 is 0 Å². The molecular formula is C9H11BrN2O4S. The molecule has 0 radical (unpaired) electrons. The minimum absolute atomic E-state index is 0.0194. The molecule has 0 fully saturated rings. The summed E-state index contributed by atoms with van der Waals surface area (Å²) in [5.41, 5.74) is 1.09. The van der Waals surface area contributed by atoms with Gasteiger partial charge >= 0.3 is 0 Å². The molecule has 1 N–H and O–H groups in total. The van der Waals surface area contributed by atoms with Crippen molar-refractivity contribution in [3.63, 3.8) is 0 Å². The van der Waals surface area contributed by atoms with Gasteiger partial charge in [0, 0.05) is 28.8 Å². The maximum atomic E-state index is 11.3. The number of allylic oxidation sites excluding steroid dienone is 5. The van der Waals surface area contributed by atoms with Crippen LogP contribution in [-0.4, -0.2) is 19.1 Å². The van der Waals surface area contributed by atoms with Crippen molar-refractivity contribution >= 4 is 26.0 Å². The van der Waals surface area contributed by atoms with Gasteiger partial charge in [0.1, 0.15) is 0 Å². The third kappa shape index (κ3) is 3.67. The molecule has 1 rings (SSSR count). The molecule has 0 aliphatic carbocycles. The van der Waals surface area contributed by atoms with Gasteiger partial charge in [-0.3, -0.25) is 14.8 Å². The van der Waals surface area contributed by atoms with E-state index in [1.807, 2.05) is 0 Å². The molecule has 0 amide bonds. The number of nitro groups is 1. The molecular weight excluding hydrogens is 312 g/mol. The van der Waals surface area contributed by atoms with Gasteiger partial charge in [0.15, 0.2) is 0 Å². The van der Waals surface area contributed by atoms with Crippen LogP contribution in [0.15, 0.2) is 33.6 Å². The average molecular weight is 323 g/mol. The molecule has 0 aromatic heterocycles. The summed E-state index contributed by atoms with van der Waals surface area (Å²) < 4.78 is 25.4. The van der Waals surface area contributed by atoms with Crippen molar-refractivity contribution in [1.29, 1.82) is 0 Å². The van der Waals surface area contributed by atoms with Gasteiger partial charge in [-0.25, -0.2) is 8.42 Å². The lowest BCUT2D eigenvalue weighted by Crippen LogP contribution is -2.16. The van der Waals surface area contributed by atoms with E-state index in [1.54, 1.807) is 6.92 Å². The van der Waals surface area contributed by atoms with E-state index in [1.165, 1.54) is 19.1 Å². The molecule has 94 valence electrons. The first-order valence-electron chi connectivity index (χ1n) is 4.62. The highest BCUT2D eigenvalue weighted by molar-refractivity contribution is 9.12. The van der Waals surface area contributed by atoms with Crippen LogP contribution in [0.3, 0.4) is 0 Å². The van der Waals surface area contributed by atoms with Gasteiger partial charge in [0.05, 0.1) is 10.7 Å². The Bertz CT molecular complexity index is 545. The predicted molar refractivity (Wildman–Crippen MR) is 67.4 cm³/mol. The molecule has 0 spiro atoms. The van der Waals surface area contributed by atoms with Crippen LogP contribution in [0.4, 0.5) is 0 Å². The summed E-state index contributed by atoms with van der Waals surface area (Å²) >= 11 is 3.21. The molecule has 0 bridgehead atoms. The van der Waals surface area contributed by atoms with E-state index in [4.69, 9.17) is 0 Å². The third-order valence-electron chi connectivity index (χ3n) is 2.14. The highest BCUT2D eigenvalue weighted by Crippen LogP contribution is 2.26. The lowest BCUT2D eigenvalue weighted by Gasteiger charge is -1.97. The Labute approximate surface area is 107 Å². The molecule has 1 aliphatic heterocycles. The lowest BCUT2D eigenvalue weighted by molar-refractivity contribution is -0.424. The number of hydrogen-bond acceptors (Lipinski definition) is 4. The maximum Gasteiger partial charge on any atom is 0.243 e. The normalized spacial score (nSPS) is 20.4. The Morgan fingerprint density at radius 3 is 2.53 bits per heavy atom. The van der Waals surface area contributed by atoms with E-state index < -0.39 is 14.9 Å². The zero-order valence-corrected chi connectivity index (χ0v) is 11.6. The van der Waals surface area contributed by atoms with Crippen molar-refractivity contribution in [1.82, 2.24) is 4.72 Å². The second-order valence-corrected chi connectivity index (χ2v) is 6.12. The van der Waals surface area contributed by atoms with Gasteiger partial charge in [-0.2, -0.15) is 0 Å². The minimum Gasteiger partial charge on any atom is -0.287 e. The van der Waals surface area contributed by atoms with Crippen molar-refractivity contribution in [2.45, 2.75) is 13.8 Å². The number of rotatable bonds is 3. The number of hydrogen-bond donors (Lipinski definition) is 1. The summed E-state index contributed by atoms with van der Waals surface area (Å²) in [6.45, 7) is 3.00. The quantitative estimate of drug-likeness (QED) is 0.486. The highest BCUT2D eigenvalue weighted by atomic mass is 79.9. The summed E-state index contributed by atoms with van der Waals surface area (Å²) in [7, 11) is -3.29. The zero-order valence-electron chi connectivity index (χ0n) is 9.23. The maximum absolute atomic E-state index is 11.3. The van der Waals surface area contributed by atoms with Crippen LogP contribution < -0.4 is 4.72 Å². The Balaban J connectivity index is 2.96. The molecule has 0 unspecified atom stereocenters. The molecule has 0 saturated carbocycles. The van der Waals surface area contributed by atoms with Gasteiger partial charge in [0.2, 0.25) is 15.7 Å². The fourth-order valence-electron chi connectivity index (χ4n) is 1.23. The number of nitrogens with one attached hydrogen (secondary N) is 1. The van der Waals surface area contributed by atoms with Gasteiger partial charge in [-0.15, -0.1) is 0 Å². The Kier molecular flexibility index (Phi) is 4.10. The fraction of sp³-hybridized carbons (Fsp3) is 0.333. The summed E-state index contributed by atoms with van der Waals surface area (Å²) in [5, 5.41) is 10.4. The van der Waals surface area contributed by atoms with Crippen LogP contribution in [0, 0.1) is 10.1 Å². The first-order chi connectivity index (χ1) is 7.73. The van der Waals surface area contributed by atoms with Gasteiger partial charge in [0.25, 0.3) is 0 Å². The summed E-state index contributed by atoms with van der Waals surface area (Å²) in [6, 6.07) is 0. The molecule has 0 atom stereocenters. The molecule has 6 nitrogen and oxygen atoms in total. The predicted octanol–water partition coefficient (Wildman–Crippen LogP) is 1.65. The first-order valence-corrected chi connectivity index (χ1v) is 7.06. The van der Waals surface area contributed by atoms with Crippen LogP contribution in [0.2, 0.25) is 0 Å². The molecule has 0 saturated heterocycles. The Hall–Kier alpha value is -1.15. The van der Waals surface area contributed by atoms with E-state index in [9.17, 15) is 18.5 Å². The van der Waals surface area contributed by atoms with Crippen LogP contribution >= 0.6 is 15.9 Å². The van der Waals surface area contributed by atoms with E-state index >= 15 is 0 Å². The largest absolute Gasteiger partial charge is 0.287 e. The van der Waals surface area contributed by atoms with Crippen molar-refractivity contribution in [2.75, 3.05) is 5.75 Å². The number of nitrogens with zero attached hydrogens (tertiary/aromatic N) is 1. The van der Waals surface area contributed by atoms with Gasteiger partial charge in [-0.1, -0.05) is 15.9 Å². The van der Waals surface area contributed by atoms with Crippen molar-refractivity contribution in [3.8, 4) is 0 Å². The third-order valence-corrected chi connectivity index (χ3v) is 4.17. The van der Waals surface area contributed by atoms with E-state index in [0.717, 1.165) is 0 Å². The molecule has 1 aliphatic rings. The second-order valence-electron chi connectivity index (χ2n) is 3.54. The Morgan fingerprint density at radius 2 is 2.12 bits per heavy atom. The number of halogens is 1. The second kappa shape index (κ2) is 5.01. The fourth-order valence-corrected chi connectivity index (χ4v) is 3.40. The summed E-state index contributed by atoms with van der Waals surface area (Å²) in [6.07, 6.45) is 2.79.